The molecule has 7 nitrogen and oxygen atoms in total. The fourth-order valence-electron chi connectivity index (χ4n) is 2.98. The molecule has 146 valence electrons. The van der Waals surface area contributed by atoms with Crippen molar-refractivity contribution in [2.75, 3.05) is 20.3 Å². The standard InChI is InChI=1S/C20H20ClN3O4/c1-13-4-3-5-15(10-13)24-19(26)16-7-6-14(21)11-17(16)23(20(24)27)12-18(25)22-8-9-28-2/h3-7,10-11H,8-9,12H2,1-2H3,(H,22,25). The van der Waals surface area contributed by atoms with Crippen LogP contribution in [0.3, 0.4) is 0 Å². The number of ether oxygens (including phenoxy) is 1. The number of amides is 1. The maximum atomic E-state index is 13.2. The van der Waals surface area contributed by atoms with Gasteiger partial charge in [0.15, 0.2) is 0 Å². The maximum absolute atomic E-state index is 13.2. The first-order valence-corrected chi connectivity index (χ1v) is 9.08. The molecule has 1 aromatic heterocycles. The van der Waals surface area contributed by atoms with E-state index in [4.69, 9.17) is 16.3 Å². The van der Waals surface area contributed by atoms with Crippen molar-refractivity contribution in [3.05, 3.63) is 73.9 Å². The van der Waals surface area contributed by atoms with Gasteiger partial charge in [0.2, 0.25) is 5.91 Å². The molecule has 0 aliphatic heterocycles. The number of fused-ring (bicyclic) bond motifs is 1. The molecule has 3 rings (SSSR count). The highest BCUT2D eigenvalue weighted by Gasteiger charge is 2.17. The molecular formula is C20H20ClN3O4. The predicted octanol–water partition coefficient (Wildman–Crippen LogP) is 1.88. The molecule has 0 unspecified atom stereocenters. The molecule has 0 atom stereocenters. The fraction of sp³-hybridized carbons (Fsp3) is 0.250. The van der Waals surface area contributed by atoms with Gasteiger partial charge in [-0.15, -0.1) is 0 Å². The van der Waals surface area contributed by atoms with Gasteiger partial charge in [0.25, 0.3) is 5.56 Å². The largest absolute Gasteiger partial charge is 0.383 e. The second-order valence-electron chi connectivity index (χ2n) is 6.35. The molecule has 0 bridgehead atoms. The van der Waals surface area contributed by atoms with Crippen molar-refractivity contribution in [1.82, 2.24) is 14.5 Å². The van der Waals surface area contributed by atoms with Crippen molar-refractivity contribution in [3.8, 4) is 5.69 Å². The molecule has 1 amide bonds. The van der Waals surface area contributed by atoms with E-state index in [1.807, 2.05) is 13.0 Å². The van der Waals surface area contributed by atoms with Crippen LogP contribution in [-0.2, 0) is 16.1 Å². The summed E-state index contributed by atoms with van der Waals surface area (Å²) in [6.45, 7) is 2.30. The van der Waals surface area contributed by atoms with Crippen LogP contribution in [-0.4, -0.2) is 35.3 Å². The molecule has 0 saturated carbocycles. The van der Waals surface area contributed by atoms with Gasteiger partial charge in [-0.05, 0) is 42.8 Å². The Balaban J connectivity index is 2.21. The Hall–Kier alpha value is -2.90. The Morgan fingerprint density at radius 1 is 1.18 bits per heavy atom. The van der Waals surface area contributed by atoms with Gasteiger partial charge < -0.3 is 10.1 Å². The summed E-state index contributed by atoms with van der Waals surface area (Å²) in [5, 5.41) is 3.35. The third-order valence-corrected chi connectivity index (χ3v) is 4.53. The Labute approximate surface area is 166 Å². The molecule has 0 aliphatic rings. The monoisotopic (exact) mass is 401 g/mol. The van der Waals surface area contributed by atoms with Gasteiger partial charge in [-0.3, -0.25) is 14.2 Å². The second kappa shape index (κ2) is 8.41. The van der Waals surface area contributed by atoms with Crippen LogP contribution in [0.2, 0.25) is 5.02 Å². The normalized spacial score (nSPS) is 11.0. The van der Waals surface area contributed by atoms with E-state index in [2.05, 4.69) is 5.32 Å². The molecule has 1 heterocycles. The predicted molar refractivity (Wildman–Crippen MR) is 108 cm³/mol. The van der Waals surface area contributed by atoms with Gasteiger partial charge in [-0.1, -0.05) is 23.7 Å². The number of hydrogen-bond acceptors (Lipinski definition) is 4. The minimum atomic E-state index is -0.604. The van der Waals surface area contributed by atoms with Crippen LogP contribution in [0.1, 0.15) is 5.56 Å². The van der Waals surface area contributed by atoms with E-state index >= 15 is 0 Å². The van der Waals surface area contributed by atoms with Crippen molar-refractivity contribution in [1.29, 1.82) is 0 Å². The number of nitrogens with one attached hydrogen (secondary N) is 1. The molecule has 28 heavy (non-hydrogen) atoms. The minimum absolute atomic E-state index is 0.245. The zero-order valence-corrected chi connectivity index (χ0v) is 16.3. The topological polar surface area (TPSA) is 82.3 Å². The average molecular weight is 402 g/mol. The van der Waals surface area contributed by atoms with E-state index in [1.165, 1.54) is 17.7 Å². The summed E-state index contributed by atoms with van der Waals surface area (Å²) >= 11 is 6.07. The summed E-state index contributed by atoms with van der Waals surface area (Å²) < 4.78 is 7.24. The van der Waals surface area contributed by atoms with Gasteiger partial charge in [-0.2, -0.15) is 0 Å². The Morgan fingerprint density at radius 2 is 1.96 bits per heavy atom. The van der Waals surface area contributed by atoms with Gasteiger partial charge in [0, 0.05) is 18.7 Å². The van der Waals surface area contributed by atoms with Gasteiger partial charge in [0.05, 0.1) is 23.2 Å². The molecule has 1 N–H and O–H groups in total. The molecule has 0 aliphatic carbocycles. The van der Waals surface area contributed by atoms with E-state index in [0.717, 1.165) is 10.1 Å². The van der Waals surface area contributed by atoms with Crippen LogP contribution in [0, 0.1) is 6.92 Å². The van der Waals surface area contributed by atoms with Crippen molar-refractivity contribution in [3.63, 3.8) is 0 Å². The number of halogens is 1. The molecule has 0 saturated heterocycles. The number of aromatic nitrogens is 2. The summed E-state index contributed by atoms with van der Waals surface area (Å²) in [5.41, 5.74) is 0.600. The lowest BCUT2D eigenvalue weighted by atomic mass is 10.2. The van der Waals surface area contributed by atoms with Crippen molar-refractivity contribution in [2.45, 2.75) is 13.5 Å². The molecular weight excluding hydrogens is 382 g/mol. The Kier molecular flexibility index (Phi) is 5.96. The van der Waals surface area contributed by atoms with E-state index < -0.39 is 11.2 Å². The van der Waals surface area contributed by atoms with Crippen molar-refractivity contribution < 1.29 is 9.53 Å². The van der Waals surface area contributed by atoms with Crippen LogP contribution in [0.25, 0.3) is 16.6 Å². The maximum Gasteiger partial charge on any atom is 0.336 e. The molecule has 2 aromatic carbocycles. The summed E-state index contributed by atoms with van der Waals surface area (Å²) in [7, 11) is 1.53. The van der Waals surface area contributed by atoms with Crippen LogP contribution in [0.4, 0.5) is 0 Å². The molecule has 3 aromatic rings. The van der Waals surface area contributed by atoms with Crippen LogP contribution in [0.5, 0.6) is 0 Å². The first-order chi connectivity index (χ1) is 13.4. The lowest BCUT2D eigenvalue weighted by Crippen LogP contribution is -2.42. The highest BCUT2D eigenvalue weighted by Crippen LogP contribution is 2.17. The lowest BCUT2D eigenvalue weighted by Gasteiger charge is -2.15. The van der Waals surface area contributed by atoms with E-state index in [1.54, 1.807) is 30.3 Å². The third kappa shape index (κ3) is 4.00. The number of hydrogen-bond donors (Lipinski definition) is 1. The van der Waals surface area contributed by atoms with E-state index in [9.17, 15) is 14.4 Å². The van der Waals surface area contributed by atoms with Gasteiger partial charge in [-0.25, -0.2) is 9.36 Å². The number of methoxy groups -OCH3 is 1. The SMILES string of the molecule is COCCNC(=O)Cn1c(=O)n(-c2cccc(C)c2)c(=O)c2ccc(Cl)cc21. The fourth-order valence-corrected chi connectivity index (χ4v) is 3.15. The minimum Gasteiger partial charge on any atom is -0.383 e. The van der Waals surface area contributed by atoms with Gasteiger partial charge >= 0.3 is 5.69 Å². The van der Waals surface area contributed by atoms with Gasteiger partial charge in [0.1, 0.15) is 6.54 Å². The van der Waals surface area contributed by atoms with Crippen molar-refractivity contribution >= 4 is 28.4 Å². The number of carbonyl (C=O) groups is 1. The van der Waals surface area contributed by atoms with E-state index in [0.29, 0.717) is 34.8 Å². The molecule has 0 fully saturated rings. The first-order valence-electron chi connectivity index (χ1n) is 8.70. The second-order valence-corrected chi connectivity index (χ2v) is 6.79. The summed E-state index contributed by atoms with van der Waals surface area (Å²) in [5.74, 6) is -0.366. The lowest BCUT2D eigenvalue weighted by molar-refractivity contribution is -0.121. The molecule has 0 spiro atoms. The molecule has 8 heteroatoms. The number of carbonyl (C=O) groups excluding carboxylic acids is 1. The zero-order chi connectivity index (χ0) is 20.3. The summed E-state index contributed by atoms with van der Waals surface area (Å²) in [6.07, 6.45) is 0. The smallest absolute Gasteiger partial charge is 0.336 e. The average Bonchev–Trinajstić information content (AvgIpc) is 2.65. The number of benzene rings is 2. The Bertz CT molecular complexity index is 1150. The van der Waals surface area contributed by atoms with E-state index in [-0.39, 0.29) is 12.5 Å². The highest BCUT2D eigenvalue weighted by molar-refractivity contribution is 6.31. The summed E-state index contributed by atoms with van der Waals surface area (Å²) in [6, 6.07) is 11.7. The third-order valence-electron chi connectivity index (χ3n) is 4.30. The zero-order valence-electron chi connectivity index (χ0n) is 15.6. The number of aryl methyl sites for hydroxylation is 1. The highest BCUT2D eigenvalue weighted by atomic mass is 35.5. The molecule has 0 radical (unpaired) electrons. The van der Waals surface area contributed by atoms with Crippen LogP contribution < -0.4 is 16.6 Å². The summed E-state index contributed by atoms with van der Waals surface area (Å²) in [4.78, 5) is 38.5. The number of rotatable bonds is 6. The quantitative estimate of drug-likeness (QED) is 0.639. The number of nitrogens with zero attached hydrogens (tertiary/aromatic N) is 2. The first kappa shape index (κ1) is 19.9. The van der Waals surface area contributed by atoms with Crippen LogP contribution >= 0.6 is 11.6 Å². The Morgan fingerprint density at radius 3 is 2.68 bits per heavy atom. The van der Waals surface area contributed by atoms with Crippen molar-refractivity contribution in [2.24, 2.45) is 0 Å². The van der Waals surface area contributed by atoms with Crippen LogP contribution in [0.15, 0.2) is 52.1 Å².